The van der Waals surface area contributed by atoms with E-state index >= 15 is 0 Å². The molecule has 0 heterocycles. The maximum Gasteiger partial charge on any atom is 0.328 e. The maximum atomic E-state index is 13.0. The lowest BCUT2D eigenvalue weighted by Gasteiger charge is -2.24. The smallest absolute Gasteiger partial charge is 0.328 e. The fourth-order valence-corrected chi connectivity index (χ4v) is 3.06. The van der Waals surface area contributed by atoms with E-state index in [1.54, 1.807) is 6.92 Å². The molecule has 0 saturated heterocycles. The largest absolute Gasteiger partial charge is 0.464 e. The highest BCUT2D eigenvalue weighted by molar-refractivity contribution is 5.86. The fraction of sp³-hybridized carbons (Fsp3) is 0.391. The second kappa shape index (κ2) is 10.5. The minimum Gasteiger partial charge on any atom is -0.464 e. The third-order valence-electron chi connectivity index (χ3n) is 4.61. The SMILES string of the molecule is CCOC(=O)[C@H](Cc1ccccc1)NC(=O)C(Cc1ccccc1)C(C)C. The Morgan fingerprint density at radius 3 is 1.89 bits per heavy atom. The van der Waals surface area contributed by atoms with Gasteiger partial charge in [0, 0.05) is 12.3 Å². The van der Waals surface area contributed by atoms with Crippen molar-refractivity contribution >= 4 is 11.9 Å². The topological polar surface area (TPSA) is 55.4 Å². The molecule has 2 aromatic rings. The summed E-state index contributed by atoms with van der Waals surface area (Å²) in [4.78, 5) is 25.4. The van der Waals surface area contributed by atoms with E-state index in [0.717, 1.165) is 11.1 Å². The quantitative estimate of drug-likeness (QED) is 0.686. The van der Waals surface area contributed by atoms with Gasteiger partial charge in [0.2, 0.25) is 5.91 Å². The van der Waals surface area contributed by atoms with Crippen LogP contribution in [0.25, 0.3) is 0 Å². The van der Waals surface area contributed by atoms with Crippen molar-refractivity contribution in [2.75, 3.05) is 6.61 Å². The van der Waals surface area contributed by atoms with Crippen LogP contribution in [0.1, 0.15) is 31.9 Å². The van der Waals surface area contributed by atoms with Crippen LogP contribution in [0.2, 0.25) is 0 Å². The molecule has 2 atom stereocenters. The summed E-state index contributed by atoms with van der Waals surface area (Å²) < 4.78 is 5.18. The molecule has 0 radical (unpaired) electrons. The Hall–Kier alpha value is -2.62. The number of hydrogen-bond acceptors (Lipinski definition) is 3. The van der Waals surface area contributed by atoms with E-state index in [4.69, 9.17) is 4.74 Å². The van der Waals surface area contributed by atoms with Gasteiger partial charge >= 0.3 is 5.97 Å². The van der Waals surface area contributed by atoms with Gasteiger partial charge in [-0.1, -0.05) is 74.5 Å². The number of rotatable bonds is 9. The lowest BCUT2D eigenvalue weighted by Crippen LogP contribution is -2.47. The lowest BCUT2D eigenvalue weighted by atomic mass is 9.88. The van der Waals surface area contributed by atoms with Crippen molar-refractivity contribution in [1.82, 2.24) is 5.32 Å². The summed E-state index contributed by atoms with van der Waals surface area (Å²) in [5.74, 6) is -0.551. The highest BCUT2D eigenvalue weighted by atomic mass is 16.5. The number of benzene rings is 2. The van der Waals surface area contributed by atoms with E-state index < -0.39 is 12.0 Å². The van der Waals surface area contributed by atoms with Gasteiger partial charge < -0.3 is 10.1 Å². The van der Waals surface area contributed by atoms with Crippen molar-refractivity contribution in [1.29, 1.82) is 0 Å². The summed E-state index contributed by atoms with van der Waals surface area (Å²) in [5.41, 5.74) is 2.10. The Bertz CT molecular complexity index is 713. The van der Waals surface area contributed by atoms with Crippen LogP contribution in [-0.4, -0.2) is 24.5 Å². The van der Waals surface area contributed by atoms with Crippen molar-refractivity contribution in [2.45, 2.75) is 39.7 Å². The molecule has 1 amide bonds. The Morgan fingerprint density at radius 1 is 0.889 bits per heavy atom. The van der Waals surface area contributed by atoms with Crippen molar-refractivity contribution in [2.24, 2.45) is 11.8 Å². The molecular weight excluding hydrogens is 338 g/mol. The molecule has 4 heteroatoms. The summed E-state index contributed by atoms with van der Waals surface area (Å²) in [7, 11) is 0. The fourth-order valence-electron chi connectivity index (χ4n) is 3.06. The van der Waals surface area contributed by atoms with Crippen LogP contribution in [0.3, 0.4) is 0 Å². The average Bonchev–Trinajstić information content (AvgIpc) is 2.67. The third-order valence-corrected chi connectivity index (χ3v) is 4.61. The minimum atomic E-state index is -0.683. The molecule has 0 bridgehead atoms. The highest BCUT2D eigenvalue weighted by Crippen LogP contribution is 2.18. The van der Waals surface area contributed by atoms with E-state index in [9.17, 15) is 9.59 Å². The van der Waals surface area contributed by atoms with Gasteiger partial charge in [-0.3, -0.25) is 4.79 Å². The molecule has 144 valence electrons. The number of amides is 1. The van der Waals surface area contributed by atoms with Crippen molar-refractivity contribution in [3.05, 3.63) is 71.8 Å². The van der Waals surface area contributed by atoms with E-state index in [1.165, 1.54) is 0 Å². The second-order valence-electron chi connectivity index (χ2n) is 7.04. The summed E-state index contributed by atoms with van der Waals surface area (Å²) in [6, 6.07) is 18.9. The molecule has 4 nitrogen and oxygen atoms in total. The second-order valence-corrected chi connectivity index (χ2v) is 7.04. The molecule has 2 aromatic carbocycles. The molecule has 0 aromatic heterocycles. The third kappa shape index (κ3) is 6.55. The van der Waals surface area contributed by atoms with Gasteiger partial charge in [0.15, 0.2) is 0 Å². The standard InChI is InChI=1S/C23H29NO3/c1-4-27-23(26)21(16-19-13-9-6-10-14-19)24-22(25)20(17(2)3)15-18-11-7-5-8-12-18/h5-14,17,20-21H,4,15-16H2,1-3H3,(H,24,25)/t20?,21-/m0/s1. The molecule has 0 fully saturated rings. The highest BCUT2D eigenvalue weighted by Gasteiger charge is 2.28. The number of hydrogen-bond donors (Lipinski definition) is 1. The number of esters is 1. The molecule has 1 unspecified atom stereocenters. The number of carbonyl (C=O) groups is 2. The predicted octanol–water partition coefficient (Wildman–Crippen LogP) is 3.79. The predicted molar refractivity (Wildman–Crippen MR) is 107 cm³/mol. The van der Waals surface area contributed by atoms with E-state index in [-0.39, 0.29) is 24.3 Å². The molecule has 0 aliphatic carbocycles. The van der Waals surface area contributed by atoms with E-state index in [2.05, 4.69) is 5.32 Å². The van der Waals surface area contributed by atoms with Gasteiger partial charge in [0.05, 0.1) is 6.61 Å². The van der Waals surface area contributed by atoms with Crippen LogP contribution >= 0.6 is 0 Å². The minimum absolute atomic E-state index is 0.108. The molecule has 27 heavy (non-hydrogen) atoms. The molecule has 0 spiro atoms. The summed E-state index contributed by atoms with van der Waals surface area (Å²) >= 11 is 0. The first-order valence-electron chi connectivity index (χ1n) is 9.56. The Balaban J connectivity index is 2.12. The van der Waals surface area contributed by atoms with Crippen molar-refractivity contribution in [3.63, 3.8) is 0 Å². The normalized spacial score (nSPS) is 13.0. The first-order valence-corrected chi connectivity index (χ1v) is 9.56. The van der Waals surface area contributed by atoms with Gasteiger partial charge in [-0.15, -0.1) is 0 Å². The van der Waals surface area contributed by atoms with E-state index in [0.29, 0.717) is 12.8 Å². The Labute approximate surface area is 161 Å². The monoisotopic (exact) mass is 367 g/mol. The maximum absolute atomic E-state index is 13.0. The molecular formula is C23H29NO3. The summed E-state index contributed by atoms with van der Waals surface area (Å²) in [5, 5.41) is 2.94. The van der Waals surface area contributed by atoms with Gasteiger partial charge in [0.1, 0.15) is 6.04 Å². The molecule has 2 rings (SSSR count). The average molecular weight is 367 g/mol. The van der Waals surface area contributed by atoms with Gasteiger partial charge in [-0.2, -0.15) is 0 Å². The van der Waals surface area contributed by atoms with Crippen LogP contribution < -0.4 is 5.32 Å². The zero-order valence-corrected chi connectivity index (χ0v) is 16.4. The first-order chi connectivity index (χ1) is 13.0. The van der Waals surface area contributed by atoms with Crippen LogP contribution in [0.4, 0.5) is 0 Å². The zero-order chi connectivity index (χ0) is 19.6. The zero-order valence-electron chi connectivity index (χ0n) is 16.4. The van der Waals surface area contributed by atoms with Crippen LogP contribution in [0.15, 0.2) is 60.7 Å². The first kappa shape index (κ1) is 20.7. The van der Waals surface area contributed by atoms with E-state index in [1.807, 2.05) is 74.5 Å². The van der Waals surface area contributed by atoms with Crippen LogP contribution in [-0.2, 0) is 27.2 Å². The molecule has 1 N–H and O–H groups in total. The van der Waals surface area contributed by atoms with Gasteiger partial charge in [0.25, 0.3) is 0 Å². The summed E-state index contributed by atoms with van der Waals surface area (Å²) in [6.45, 7) is 6.12. The van der Waals surface area contributed by atoms with Crippen LogP contribution in [0.5, 0.6) is 0 Å². The number of ether oxygens (including phenoxy) is 1. The molecule has 0 saturated carbocycles. The van der Waals surface area contributed by atoms with Crippen LogP contribution in [0, 0.1) is 11.8 Å². The number of nitrogens with one attached hydrogen (secondary N) is 1. The Kier molecular flexibility index (Phi) is 8.05. The van der Waals surface area contributed by atoms with Gasteiger partial charge in [-0.25, -0.2) is 4.79 Å². The Morgan fingerprint density at radius 2 is 1.41 bits per heavy atom. The van der Waals surface area contributed by atoms with Gasteiger partial charge in [-0.05, 0) is 30.4 Å². The lowest BCUT2D eigenvalue weighted by molar-refractivity contribution is -0.148. The van der Waals surface area contributed by atoms with Crippen molar-refractivity contribution < 1.29 is 14.3 Å². The molecule has 0 aliphatic rings. The molecule has 0 aliphatic heterocycles. The number of carbonyl (C=O) groups excluding carboxylic acids is 2. The van der Waals surface area contributed by atoms with Crippen molar-refractivity contribution in [3.8, 4) is 0 Å². The summed E-state index contributed by atoms with van der Waals surface area (Å²) in [6.07, 6.45) is 1.06.